The molecule has 0 unspecified atom stereocenters. The van der Waals surface area contributed by atoms with E-state index in [0.29, 0.717) is 32.1 Å². The van der Waals surface area contributed by atoms with Gasteiger partial charge in [0, 0.05) is 48.1 Å². The Hall–Kier alpha value is -5.02. The van der Waals surface area contributed by atoms with Crippen molar-refractivity contribution in [1.29, 1.82) is 0 Å². The largest absolute Gasteiger partial charge is 0.497 e. The first-order valence-corrected chi connectivity index (χ1v) is 15.9. The van der Waals surface area contributed by atoms with Gasteiger partial charge in [0.2, 0.25) is 0 Å². The second-order valence-corrected chi connectivity index (χ2v) is 12.2. The van der Waals surface area contributed by atoms with Crippen molar-refractivity contribution in [3.05, 3.63) is 122 Å². The predicted octanol–water partition coefficient (Wildman–Crippen LogP) is 5.78. The number of benzene rings is 3. The smallest absolute Gasteiger partial charge is 0.422 e. The molecule has 16 heteroatoms. The predicted molar refractivity (Wildman–Crippen MR) is 177 cm³/mol. The lowest BCUT2D eigenvalue weighted by Crippen LogP contribution is -2.41. The number of hydrogen-bond acceptors (Lipinski definition) is 6. The van der Waals surface area contributed by atoms with Crippen molar-refractivity contribution in [1.82, 2.24) is 29.1 Å². The first-order chi connectivity index (χ1) is 23.4. The number of rotatable bonds is 9. The van der Waals surface area contributed by atoms with Crippen molar-refractivity contribution in [2.75, 3.05) is 20.3 Å². The average Bonchev–Trinajstić information content (AvgIpc) is 3.73. The molecule has 0 bridgehead atoms. The molecule has 0 saturated carbocycles. The van der Waals surface area contributed by atoms with Crippen LogP contribution in [0.2, 0.25) is 5.02 Å². The molecule has 0 radical (unpaired) electrons. The highest BCUT2D eigenvalue weighted by molar-refractivity contribution is 9.10. The lowest BCUT2D eigenvalue weighted by Gasteiger charge is -2.28. The molecule has 5 aromatic rings. The summed E-state index contributed by atoms with van der Waals surface area (Å²) in [6, 6.07) is 17.2. The van der Waals surface area contributed by atoms with Crippen molar-refractivity contribution in [2.24, 2.45) is 0 Å². The van der Waals surface area contributed by atoms with Crippen LogP contribution in [0.25, 0.3) is 11.4 Å². The molecule has 0 fully saturated rings. The minimum absolute atomic E-state index is 0.0289. The topological polar surface area (TPSA) is 113 Å². The van der Waals surface area contributed by atoms with Gasteiger partial charge in [0.1, 0.15) is 17.2 Å². The highest BCUT2D eigenvalue weighted by Crippen LogP contribution is 2.27. The molecule has 6 rings (SSSR count). The Kier molecular flexibility index (Phi) is 9.56. The van der Waals surface area contributed by atoms with Crippen LogP contribution in [-0.2, 0) is 19.6 Å². The lowest BCUT2D eigenvalue weighted by atomic mass is 10.1. The van der Waals surface area contributed by atoms with Gasteiger partial charge in [-0.15, -0.1) is 0 Å². The van der Waals surface area contributed by atoms with E-state index in [9.17, 15) is 27.6 Å². The molecule has 2 aromatic heterocycles. The Labute approximate surface area is 290 Å². The van der Waals surface area contributed by atoms with Crippen molar-refractivity contribution in [3.8, 4) is 22.9 Å². The standard InChI is InChI=1S/C33H27BrClF3N6O5/c1-48-24-7-3-21(27(16-24)43-12-2-11-40-43)17-39-30(45)29-28-18-41(31(46)20-4-10-25(34)26(35)15-20)13-14-42(28)32(47)44(29)22-5-8-23(9-6-22)49-19-33(36,37)38/h2-12,15-16H,13-14,17-19H2,1H3,(H,39,45). The van der Waals surface area contributed by atoms with E-state index in [1.165, 1.54) is 51.5 Å². The summed E-state index contributed by atoms with van der Waals surface area (Å²) in [6.45, 7) is -1.27. The number of nitrogens with zero attached hydrogens (tertiary/aromatic N) is 5. The van der Waals surface area contributed by atoms with Crippen molar-refractivity contribution in [3.63, 3.8) is 0 Å². The monoisotopic (exact) mass is 758 g/mol. The maximum absolute atomic E-state index is 14.1. The number of carbonyl (C=O) groups excluding carboxylic acids is 2. The lowest BCUT2D eigenvalue weighted by molar-refractivity contribution is -0.153. The summed E-state index contributed by atoms with van der Waals surface area (Å²) in [5.41, 5.74) is 1.59. The number of ether oxygens (including phenoxy) is 2. The average molecular weight is 760 g/mol. The third-order valence-electron chi connectivity index (χ3n) is 7.83. The van der Waals surface area contributed by atoms with Gasteiger partial charge in [0.15, 0.2) is 6.61 Å². The van der Waals surface area contributed by atoms with Crippen LogP contribution < -0.4 is 20.5 Å². The summed E-state index contributed by atoms with van der Waals surface area (Å²) < 4.78 is 53.2. The fourth-order valence-corrected chi connectivity index (χ4v) is 5.91. The van der Waals surface area contributed by atoms with Crippen LogP contribution in [0.4, 0.5) is 13.2 Å². The molecule has 2 amide bonds. The minimum Gasteiger partial charge on any atom is -0.497 e. The number of amides is 2. The summed E-state index contributed by atoms with van der Waals surface area (Å²) >= 11 is 9.56. The molecule has 1 aliphatic rings. The number of carbonyl (C=O) groups is 2. The third-order valence-corrected chi connectivity index (χ3v) is 9.06. The number of aromatic nitrogens is 4. The molecule has 0 saturated heterocycles. The Morgan fingerprint density at radius 1 is 1.04 bits per heavy atom. The zero-order valence-electron chi connectivity index (χ0n) is 25.7. The molecule has 254 valence electrons. The first-order valence-electron chi connectivity index (χ1n) is 14.8. The Morgan fingerprint density at radius 3 is 2.47 bits per heavy atom. The maximum atomic E-state index is 14.1. The molecule has 3 heterocycles. The van der Waals surface area contributed by atoms with Crippen molar-refractivity contribution in [2.45, 2.75) is 25.8 Å². The molecular weight excluding hydrogens is 733 g/mol. The van der Waals surface area contributed by atoms with Crippen LogP contribution in [0.1, 0.15) is 32.1 Å². The number of nitrogens with one attached hydrogen (secondary N) is 1. The van der Waals surface area contributed by atoms with Crippen LogP contribution >= 0.6 is 27.5 Å². The number of halogens is 5. The van der Waals surface area contributed by atoms with Gasteiger partial charge in [-0.3, -0.25) is 18.7 Å². The summed E-state index contributed by atoms with van der Waals surface area (Å²) in [5, 5.41) is 7.54. The number of methoxy groups -OCH3 is 1. The van der Waals surface area contributed by atoms with Gasteiger partial charge in [0.25, 0.3) is 11.8 Å². The number of hydrogen-bond donors (Lipinski definition) is 1. The quantitative estimate of drug-likeness (QED) is 0.204. The number of imidazole rings is 1. The molecule has 0 atom stereocenters. The SMILES string of the molecule is COc1ccc(CNC(=O)c2c3n(c(=O)n2-c2ccc(OCC(F)(F)F)cc2)CCN(C(=O)c2ccc(Br)c(Cl)c2)C3)c(-n2cccn2)c1. The van der Waals surface area contributed by atoms with Gasteiger partial charge >= 0.3 is 11.9 Å². The van der Waals surface area contributed by atoms with Crippen LogP contribution in [-0.4, -0.2) is 62.1 Å². The van der Waals surface area contributed by atoms with Gasteiger partial charge in [-0.25, -0.2) is 9.48 Å². The summed E-state index contributed by atoms with van der Waals surface area (Å²) in [7, 11) is 1.54. The van der Waals surface area contributed by atoms with Crippen LogP contribution in [0.5, 0.6) is 11.5 Å². The second kappa shape index (κ2) is 13.8. The Balaban J connectivity index is 1.36. The van der Waals surface area contributed by atoms with E-state index in [2.05, 4.69) is 26.3 Å². The van der Waals surface area contributed by atoms with Gasteiger partial charge in [-0.1, -0.05) is 17.7 Å². The Morgan fingerprint density at radius 2 is 1.80 bits per heavy atom. The summed E-state index contributed by atoms with van der Waals surface area (Å²) in [6.07, 6.45) is -1.18. The fourth-order valence-electron chi connectivity index (χ4n) is 5.48. The van der Waals surface area contributed by atoms with Gasteiger partial charge in [-0.05, 0) is 76.1 Å². The zero-order chi connectivity index (χ0) is 34.9. The van der Waals surface area contributed by atoms with Crippen LogP contribution in [0.3, 0.4) is 0 Å². The first kappa shape index (κ1) is 33.9. The molecule has 0 spiro atoms. The highest BCUT2D eigenvalue weighted by Gasteiger charge is 2.33. The summed E-state index contributed by atoms with van der Waals surface area (Å²) in [4.78, 5) is 43.1. The molecule has 1 aliphatic heterocycles. The molecule has 0 aliphatic carbocycles. The van der Waals surface area contributed by atoms with Crippen LogP contribution in [0.15, 0.2) is 88.4 Å². The van der Waals surface area contributed by atoms with Crippen molar-refractivity contribution >= 4 is 39.3 Å². The van der Waals surface area contributed by atoms with E-state index >= 15 is 0 Å². The normalized spacial score (nSPS) is 12.8. The zero-order valence-corrected chi connectivity index (χ0v) is 28.1. The molecule has 3 aromatic carbocycles. The van der Waals surface area contributed by atoms with Crippen molar-refractivity contribution < 1.29 is 32.2 Å². The number of alkyl halides is 3. The maximum Gasteiger partial charge on any atom is 0.422 e. The Bertz CT molecular complexity index is 2080. The second-order valence-electron chi connectivity index (χ2n) is 10.9. The molecule has 49 heavy (non-hydrogen) atoms. The van der Waals surface area contributed by atoms with E-state index in [-0.39, 0.29) is 54.9 Å². The fraction of sp³-hybridized carbons (Fsp3) is 0.212. The molecule has 11 nitrogen and oxygen atoms in total. The third kappa shape index (κ3) is 7.22. The minimum atomic E-state index is -4.53. The van der Waals surface area contributed by atoms with E-state index in [1.807, 2.05) is 0 Å². The van der Waals surface area contributed by atoms with Gasteiger partial charge in [-0.2, -0.15) is 18.3 Å². The van der Waals surface area contributed by atoms with Gasteiger partial charge < -0.3 is 19.7 Å². The molecule has 1 N–H and O–H groups in total. The van der Waals surface area contributed by atoms with E-state index < -0.39 is 24.4 Å². The van der Waals surface area contributed by atoms with Crippen LogP contribution in [0, 0.1) is 0 Å². The molecular formula is C33H27BrClF3N6O5. The highest BCUT2D eigenvalue weighted by atomic mass is 79.9. The van der Waals surface area contributed by atoms with E-state index in [4.69, 9.17) is 21.1 Å². The summed E-state index contributed by atoms with van der Waals surface area (Å²) in [5.74, 6) is -0.456. The number of fused-ring (bicyclic) bond motifs is 1. The van der Waals surface area contributed by atoms with E-state index in [1.54, 1.807) is 53.5 Å². The van der Waals surface area contributed by atoms with E-state index in [0.717, 1.165) is 0 Å². The van der Waals surface area contributed by atoms with Gasteiger partial charge in [0.05, 0.1) is 35.7 Å².